The summed E-state index contributed by atoms with van der Waals surface area (Å²) in [5.41, 5.74) is 18.4. The fourth-order valence-electron chi connectivity index (χ4n) is 16.3. The van der Waals surface area contributed by atoms with Crippen molar-refractivity contribution in [3.63, 3.8) is 0 Å². The number of allylic oxidation sites excluding steroid dienone is 16. The van der Waals surface area contributed by atoms with Crippen LogP contribution in [-0.4, -0.2) is 0 Å². The van der Waals surface area contributed by atoms with Crippen LogP contribution in [0.2, 0.25) is 0 Å². The van der Waals surface area contributed by atoms with Gasteiger partial charge in [0, 0.05) is 0 Å². The van der Waals surface area contributed by atoms with Crippen molar-refractivity contribution in [3.05, 3.63) is 156 Å². The predicted octanol–water partition coefficient (Wildman–Crippen LogP) is 43.1. The van der Waals surface area contributed by atoms with E-state index in [0.717, 1.165) is 42.4 Å². The molecule has 0 fully saturated rings. The first kappa shape index (κ1) is 127. The van der Waals surface area contributed by atoms with Gasteiger partial charge in [-0.3, -0.25) is 0 Å². The van der Waals surface area contributed by atoms with E-state index in [1.54, 1.807) is 5.57 Å². The lowest BCUT2D eigenvalue weighted by molar-refractivity contribution is 0.0471. The van der Waals surface area contributed by atoms with E-state index in [-0.39, 0.29) is 21.7 Å². The fraction of sp³-hybridized carbons (Fsp3) is 0.790. The zero-order valence-electron chi connectivity index (χ0n) is 94.8. The lowest BCUT2D eigenvalue weighted by atomic mass is 9.59. The van der Waals surface area contributed by atoms with Crippen LogP contribution in [0.5, 0.6) is 0 Å². The van der Waals surface area contributed by atoms with Gasteiger partial charge in [-0.25, -0.2) is 0 Å². The molecule has 0 radical (unpaired) electrons. The van der Waals surface area contributed by atoms with Crippen molar-refractivity contribution < 1.29 is 0 Å². The third kappa shape index (κ3) is 46.1. The Hall–Kier alpha value is -3.38. The molecule has 9 atom stereocenters. The van der Waals surface area contributed by atoms with E-state index in [1.807, 2.05) is 11.1 Å². The highest BCUT2D eigenvalue weighted by atomic mass is 14.5. The van der Waals surface area contributed by atoms with Gasteiger partial charge in [-0.15, -0.1) is 26.3 Å². The molecule has 0 nitrogen and oxygen atoms in total. The summed E-state index contributed by atoms with van der Waals surface area (Å²) < 4.78 is 0. The van der Waals surface area contributed by atoms with Crippen molar-refractivity contribution in [1.29, 1.82) is 0 Å². The Balaban J connectivity index is -0.000000666. The van der Waals surface area contributed by atoms with Crippen molar-refractivity contribution in [3.8, 4) is 0 Å². The first-order valence-corrected chi connectivity index (χ1v) is 51.4. The molecule has 0 aliphatic heterocycles. The summed E-state index contributed by atoms with van der Waals surface area (Å²) in [6.07, 6.45) is 53.6. The number of rotatable bonds is 31. The topological polar surface area (TPSA) is 0 Å². The highest BCUT2D eigenvalue weighted by Crippen LogP contribution is 2.55. The van der Waals surface area contributed by atoms with Crippen LogP contribution in [0.3, 0.4) is 0 Å². The van der Waals surface area contributed by atoms with Gasteiger partial charge in [0.15, 0.2) is 0 Å². The average Bonchev–Trinajstić information content (AvgIpc) is 1.73. The van der Waals surface area contributed by atoms with Gasteiger partial charge in [0.1, 0.15) is 0 Å². The van der Waals surface area contributed by atoms with E-state index in [2.05, 4.69) is 458 Å². The molecule has 1 aromatic carbocycles. The van der Waals surface area contributed by atoms with Crippen LogP contribution in [0.4, 0.5) is 0 Å². The third-order valence-electron chi connectivity index (χ3n) is 35.1. The molecular weight excluding hydrogens is 1490 g/mol. The molecule has 0 amide bonds. The standard InChI is InChI=1S/2C19H34.2C15H28.C14H26.C14H22.C14H28.C14H30/c1-13-8-10-15(19(6,7)18(3,4)5)12-17-14(2)9-11-16(13)17;1-9-19(8,18(5,6)7)15-11-14-17(4)13-10-12-16(2)3;2*1-8-13(3)11-10-12-15(7,9-2)14(4,5)6;1-11-7-9-12(10-8-11)14(5,6)13(2,3)4;1-13(2,3)14(4,5)11-12-9-7-6-8-10-12;1-8-12(2)10-9-11-14(6,7)13(3,4)5;1-8-14(7,13(4,5)6)11-9-10-12(2)3/h13-15H,8-12H2,1-7H3;9,12,14H,1,10-11,13,15H2,2-8H3;2*9,11H,2,8,10,12H2,1,3-7H3;7,12H,8-10H2,1-6H3;6-10H,11H2,1-5H3;8,12H,1,9-11H2,2-7H3;12H,8-11H2,1-7H3/b;17-14-;2*13-11+;;;;/t13-,14-,15+;;;;;;;/m0......./s1. The molecule has 0 heterocycles. The van der Waals surface area contributed by atoms with Crippen LogP contribution in [-0.2, 0) is 6.42 Å². The zero-order valence-corrected chi connectivity index (χ0v) is 94.8. The van der Waals surface area contributed by atoms with Gasteiger partial charge in [0.05, 0.1) is 0 Å². The first-order chi connectivity index (χ1) is 55.8. The highest BCUT2D eigenvalue weighted by Gasteiger charge is 2.45. The molecule has 0 saturated heterocycles. The van der Waals surface area contributed by atoms with Gasteiger partial charge in [-0.2, -0.15) is 0 Å². The quantitative estimate of drug-likeness (QED) is 0.0650. The van der Waals surface area contributed by atoms with E-state index in [0.29, 0.717) is 70.9 Å². The van der Waals surface area contributed by atoms with E-state index < -0.39 is 0 Å². The molecule has 0 bridgehead atoms. The van der Waals surface area contributed by atoms with Crippen LogP contribution in [0.1, 0.15) is 512 Å². The molecule has 124 heavy (non-hydrogen) atoms. The smallest absolute Gasteiger partial charge is 0.00977 e. The van der Waals surface area contributed by atoms with Crippen LogP contribution in [0.15, 0.2) is 150 Å². The summed E-state index contributed by atoms with van der Waals surface area (Å²) in [6, 6.07) is 10.7. The number of hydrogen-bond acceptors (Lipinski definition) is 0. The number of hydrogen-bond donors (Lipinski definition) is 0. The largest absolute Gasteiger partial charge is 0.103 e. The van der Waals surface area contributed by atoms with Gasteiger partial charge < -0.3 is 0 Å². The summed E-state index contributed by atoms with van der Waals surface area (Å²) in [7, 11) is 0. The summed E-state index contributed by atoms with van der Waals surface area (Å²) in [6.45, 7) is 133. The lowest BCUT2D eigenvalue weighted by Gasteiger charge is -2.46. The van der Waals surface area contributed by atoms with Crippen LogP contribution in [0, 0.1) is 122 Å². The van der Waals surface area contributed by atoms with E-state index in [9.17, 15) is 0 Å². The Bertz CT molecular complexity index is 3230. The molecule has 0 saturated carbocycles. The normalized spacial score (nSPS) is 19.6. The van der Waals surface area contributed by atoms with Crippen LogP contribution < -0.4 is 0 Å². The minimum absolute atomic E-state index is 0.212. The van der Waals surface area contributed by atoms with E-state index in [4.69, 9.17) is 0 Å². The van der Waals surface area contributed by atoms with Crippen molar-refractivity contribution in [2.75, 3.05) is 0 Å². The molecule has 0 heteroatoms. The number of benzene rings is 1. The van der Waals surface area contributed by atoms with Crippen molar-refractivity contribution >= 4 is 0 Å². The molecule has 3 aliphatic rings. The monoisotopic (exact) mass is 1720 g/mol. The summed E-state index contributed by atoms with van der Waals surface area (Å²) in [5, 5.41) is 0. The van der Waals surface area contributed by atoms with Crippen molar-refractivity contribution in [2.45, 2.75) is 513 Å². The Kier molecular flexibility index (Phi) is 56.5. The van der Waals surface area contributed by atoms with E-state index in [1.165, 1.54) is 182 Å². The Morgan fingerprint density at radius 2 is 0.798 bits per heavy atom. The molecule has 726 valence electrons. The van der Waals surface area contributed by atoms with Gasteiger partial charge >= 0.3 is 0 Å². The summed E-state index contributed by atoms with van der Waals surface area (Å²) in [5.74, 6) is 4.96. The van der Waals surface area contributed by atoms with Crippen LogP contribution >= 0.6 is 0 Å². The Morgan fingerprint density at radius 1 is 0.403 bits per heavy atom. The van der Waals surface area contributed by atoms with Crippen LogP contribution in [0.25, 0.3) is 0 Å². The maximum atomic E-state index is 4.04. The average molecular weight is 1720 g/mol. The molecule has 6 unspecified atom stereocenters. The first-order valence-electron chi connectivity index (χ1n) is 51.4. The maximum absolute atomic E-state index is 4.04. The Labute approximate surface area is 786 Å². The third-order valence-corrected chi connectivity index (χ3v) is 35.1. The molecule has 4 rings (SSSR count). The summed E-state index contributed by atoms with van der Waals surface area (Å²) >= 11 is 0. The van der Waals surface area contributed by atoms with Gasteiger partial charge in [0.2, 0.25) is 0 Å². The second-order valence-corrected chi connectivity index (χ2v) is 52.7. The molecule has 1 aromatic rings. The minimum Gasteiger partial charge on any atom is -0.103 e. The van der Waals surface area contributed by atoms with Gasteiger partial charge in [-0.05, 0) is 311 Å². The molecule has 0 spiro atoms. The summed E-state index contributed by atoms with van der Waals surface area (Å²) in [4.78, 5) is 0. The van der Waals surface area contributed by atoms with Gasteiger partial charge in [-0.1, -0.05) is 454 Å². The molecule has 0 N–H and O–H groups in total. The minimum atomic E-state index is 0.212. The fourth-order valence-corrected chi connectivity index (χ4v) is 16.3. The van der Waals surface area contributed by atoms with Crippen molar-refractivity contribution in [2.24, 2.45) is 122 Å². The second-order valence-electron chi connectivity index (χ2n) is 52.7. The second kappa shape index (κ2) is 55.2. The Morgan fingerprint density at radius 3 is 1.13 bits per heavy atom. The van der Waals surface area contributed by atoms with Crippen molar-refractivity contribution in [1.82, 2.24) is 0 Å². The van der Waals surface area contributed by atoms with Gasteiger partial charge in [0.25, 0.3) is 0 Å². The molecule has 0 aromatic heterocycles. The van der Waals surface area contributed by atoms with E-state index >= 15 is 0 Å². The molecular formula is C124H230. The maximum Gasteiger partial charge on any atom is -0.00977 e. The molecule has 3 aliphatic carbocycles. The predicted molar refractivity (Wildman–Crippen MR) is 577 cm³/mol. The lowest BCUT2D eigenvalue weighted by Crippen LogP contribution is -2.37. The SMILES string of the molecule is C=CC(C)(CC/C=C(/C)CCC=C(C)C)C(C)(C)C.C=CC(C)(CC/C=C(\C)CC)C(C)(C)C.C=CC(C)(CC/C=C(\C)CC)C(C)(C)C.C=CC(C)CCCC(C)(C)C(C)(C)C.CC(C)(C)C(C)(C)Cc1ccccc1.CC1=CCC(C(C)(C)C(C)(C)C)CC1.CCC(C)(CCCC(C)C)C(C)(C)C.C[C@H]1CC[C@@H](C(C)(C)C(C)(C)C)CC2=C1CC[C@@H]2C. The highest BCUT2D eigenvalue weighted by molar-refractivity contribution is 5.27. The zero-order chi connectivity index (χ0) is 98.4.